The van der Waals surface area contributed by atoms with Gasteiger partial charge in [0.2, 0.25) is 10.0 Å². The lowest BCUT2D eigenvalue weighted by atomic mass is 10.2. The van der Waals surface area contributed by atoms with Crippen LogP contribution in [0.5, 0.6) is 11.5 Å². The van der Waals surface area contributed by atoms with E-state index in [0.717, 1.165) is 0 Å². The molecular weight excluding hydrogens is 380 g/mol. The molecule has 0 saturated carbocycles. The molecule has 0 unspecified atom stereocenters. The lowest BCUT2D eigenvalue weighted by Crippen LogP contribution is -2.23. The number of nitrogens with one attached hydrogen (secondary N) is 1. The first-order chi connectivity index (χ1) is 12.9. The van der Waals surface area contributed by atoms with Gasteiger partial charge < -0.3 is 14.2 Å². The smallest absolute Gasteiger partial charge is 0.387 e. The van der Waals surface area contributed by atoms with E-state index in [-0.39, 0.29) is 17.2 Å². The van der Waals surface area contributed by atoms with E-state index in [1.807, 2.05) is 6.92 Å². The summed E-state index contributed by atoms with van der Waals surface area (Å²) in [6.45, 7) is 0.307. The SMILES string of the molecule is CCOCCOc1ccc(S(=O)(=O)NCc2cccc(OC(F)F)c2)cc1. The highest BCUT2D eigenvalue weighted by molar-refractivity contribution is 7.89. The first-order valence-electron chi connectivity index (χ1n) is 8.24. The van der Waals surface area contributed by atoms with Crippen molar-refractivity contribution < 1.29 is 31.4 Å². The molecule has 0 spiro atoms. The standard InChI is InChI=1S/C18H21F2NO5S/c1-2-24-10-11-25-15-6-8-17(9-7-15)27(22,23)21-13-14-4-3-5-16(12-14)26-18(19)20/h3-9,12,18,21H,2,10-11,13H2,1H3. The van der Waals surface area contributed by atoms with E-state index in [0.29, 0.717) is 31.1 Å². The molecule has 0 atom stereocenters. The molecule has 0 fully saturated rings. The summed E-state index contributed by atoms with van der Waals surface area (Å²) >= 11 is 0. The zero-order chi connectivity index (χ0) is 19.7. The molecule has 1 N–H and O–H groups in total. The molecule has 6 nitrogen and oxygen atoms in total. The highest BCUT2D eigenvalue weighted by Crippen LogP contribution is 2.18. The minimum atomic E-state index is -3.76. The molecule has 0 aliphatic heterocycles. The van der Waals surface area contributed by atoms with Gasteiger partial charge in [-0.05, 0) is 48.9 Å². The normalized spacial score (nSPS) is 11.6. The summed E-state index contributed by atoms with van der Waals surface area (Å²) in [4.78, 5) is 0.0691. The molecule has 0 bridgehead atoms. The molecule has 0 aliphatic rings. The van der Waals surface area contributed by atoms with E-state index in [9.17, 15) is 17.2 Å². The number of ether oxygens (including phenoxy) is 3. The van der Waals surface area contributed by atoms with Crippen LogP contribution in [0, 0.1) is 0 Å². The van der Waals surface area contributed by atoms with Crippen LogP contribution < -0.4 is 14.2 Å². The summed E-state index contributed by atoms with van der Waals surface area (Å²) < 4.78 is 66.5. The average molecular weight is 401 g/mol. The Morgan fingerprint density at radius 2 is 1.78 bits per heavy atom. The van der Waals surface area contributed by atoms with Crippen molar-refractivity contribution in [2.45, 2.75) is 25.0 Å². The topological polar surface area (TPSA) is 73.9 Å². The highest BCUT2D eigenvalue weighted by Gasteiger charge is 2.14. The maximum Gasteiger partial charge on any atom is 0.387 e. The number of benzene rings is 2. The Morgan fingerprint density at radius 1 is 1.04 bits per heavy atom. The van der Waals surface area contributed by atoms with Crippen molar-refractivity contribution in [1.29, 1.82) is 0 Å². The zero-order valence-corrected chi connectivity index (χ0v) is 15.5. The van der Waals surface area contributed by atoms with Crippen molar-refractivity contribution in [3.05, 3.63) is 54.1 Å². The van der Waals surface area contributed by atoms with Gasteiger partial charge in [0, 0.05) is 13.2 Å². The molecular formula is C18H21F2NO5S. The van der Waals surface area contributed by atoms with Gasteiger partial charge in [0.1, 0.15) is 18.1 Å². The average Bonchev–Trinajstić information content (AvgIpc) is 2.64. The largest absolute Gasteiger partial charge is 0.491 e. The maximum atomic E-state index is 12.4. The van der Waals surface area contributed by atoms with Crippen LogP contribution in [-0.2, 0) is 21.3 Å². The van der Waals surface area contributed by atoms with Crippen molar-refractivity contribution in [3.8, 4) is 11.5 Å². The van der Waals surface area contributed by atoms with Crippen LogP contribution in [-0.4, -0.2) is 34.8 Å². The molecule has 2 rings (SSSR count). The fraction of sp³-hybridized carbons (Fsp3) is 0.333. The van der Waals surface area contributed by atoms with E-state index in [2.05, 4.69) is 9.46 Å². The third-order valence-electron chi connectivity index (χ3n) is 3.42. The van der Waals surface area contributed by atoms with Crippen LogP contribution in [0.3, 0.4) is 0 Å². The molecule has 27 heavy (non-hydrogen) atoms. The molecule has 2 aromatic carbocycles. The van der Waals surface area contributed by atoms with Gasteiger partial charge in [0.05, 0.1) is 11.5 Å². The Kier molecular flexibility index (Phi) is 7.96. The minimum absolute atomic E-state index is 0.0322. The minimum Gasteiger partial charge on any atom is -0.491 e. The molecule has 2 aromatic rings. The molecule has 0 radical (unpaired) electrons. The van der Waals surface area contributed by atoms with Crippen LogP contribution in [0.4, 0.5) is 8.78 Å². The Hall–Kier alpha value is -2.23. The predicted molar refractivity (Wildman–Crippen MR) is 95.5 cm³/mol. The third-order valence-corrected chi connectivity index (χ3v) is 4.84. The second-order valence-corrected chi connectivity index (χ2v) is 7.13. The first kappa shape index (κ1) is 21.1. The van der Waals surface area contributed by atoms with Gasteiger partial charge in [-0.1, -0.05) is 12.1 Å². The summed E-state index contributed by atoms with van der Waals surface area (Å²) in [7, 11) is -3.76. The van der Waals surface area contributed by atoms with Crippen LogP contribution in [0.15, 0.2) is 53.4 Å². The van der Waals surface area contributed by atoms with Gasteiger partial charge in [-0.2, -0.15) is 8.78 Å². The van der Waals surface area contributed by atoms with E-state index in [1.165, 1.54) is 30.3 Å². The fourth-order valence-corrected chi connectivity index (χ4v) is 3.19. The Morgan fingerprint density at radius 3 is 2.44 bits per heavy atom. The first-order valence-corrected chi connectivity index (χ1v) is 9.73. The number of halogens is 2. The molecule has 0 saturated heterocycles. The Labute approximate surface area is 157 Å². The highest BCUT2D eigenvalue weighted by atomic mass is 32.2. The van der Waals surface area contributed by atoms with Gasteiger partial charge in [0.25, 0.3) is 0 Å². The number of rotatable bonds is 11. The van der Waals surface area contributed by atoms with Crippen LogP contribution in [0.1, 0.15) is 12.5 Å². The molecule has 148 valence electrons. The lowest BCUT2D eigenvalue weighted by molar-refractivity contribution is -0.0498. The van der Waals surface area contributed by atoms with Crippen LogP contribution in [0.2, 0.25) is 0 Å². The van der Waals surface area contributed by atoms with Crippen molar-refractivity contribution in [3.63, 3.8) is 0 Å². The summed E-state index contributed by atoms with van der Waals surface area (Å²) in [6.07, 6.45) is 0. The summed E-state index contributed by atoms with van der Waals surface area (Å²) in [6, 6.07) is 11.8. The molecule has 0 aliphatic carbocycles. The molecule has 0 amide bonds. The Balaban J connectivity index is 1.94. The summed E-state index contributed by atoms with van der Waals surface area (Å²) in [5.74, 6) is 0.501. The number of hydrogen-bond donors (Lipinski definition) is 1. The van der Waals surface area contributed by atoms with Gasteiger partial charge in [0.15, 0.2) is 0 Å². The second-order valence-electron chi connectivity index (χ2n) is 5.37. The van der Waals surface area contributed by atoms with E-state index < -0.39 is 16.6 Å². The van der Waals surface area contributed by atoms with Gasteiger partial charge in [-0.25, -0.2) is 13.1 Å². The van der Waals surface area contributed by atoms with Gasteiger partial charge in [-0.15, -0.1) is 0 Å². The van der Waals surface area contributed by atoms with Crippen molar-refractivity contribution >= 4 is 10.0 Å². The predicted octanol–water partition coefficient (Wildman–Crippen LogP) is 3.18. The third kappa shape index (κ3) is 7.12. The summed E-state index contributed by atoms with van der Waals surface area (Å²) in [5.41, 5.74) is 0.493. The number of alkyl halides is 2. The zero-order valence-electron chi connectivity index (χ0n) is 14.7. The maximum absolute atomic E-state index is 12.4. The van der Waals surface area contributed by atoms with Crippen molar-refractivity contribution in [1.82, 2.24) is 4.72 Å². The Bertz CT molecular complexity index is 813. The monoisotopic (exact) mass is 401 g/mol. The van der Waals surface area contributed by atoms with Crippen LogP contribution in [0.25, 0.3) is 0 Å². The molecule has 0 heterocycles. The summed E-state index contributed by atoms with van der Waals surface area (Å²) in [5, 5.41) is 0. The second kappa shape index (κ2) is 10.2. The van der Waals surface area contributed by atoms with E-state index >= 15 is 0 Å². The molecule has 9 heteroatoms. The fourth-order valence-electron chi connectivity index (χ4n) is 2.17. The van der Waals surface area contributed by atoms with Gasteiger partial charge >= 0.3 is 6.61 Å². The quantitative estimate of drug-likeness (QED) is 0.586. The van der Waals surface area contributed by atoms with E-state index in [1.54, 1.807) is 18.2 Å². The van der Waals surface area contributed by atoms with Crippen molar-refractivity contribution in [2.75, 3.05) is 19.8 Å². The number of sulfonamides is 1. The van der Waals surface area contributed by atoms with Crippen molar-refractivity contribution in [2.24, 2.45) is 0 Å². The number of hydrogen-bond acceptors (Lipinski definition) is 5. The van der Waals surface area contributed by atoms with E-state index in [4.69, 9.17) is 9.47 Å². The van der Waals surface area contributed by atoms with Crippen LogP contribution >= 0.6 is 0 Å². The lowest BCUT2D eigenvalue weighted by Gasteiger charge is -2.10. The molecule has 0 aromatic heterocycles. The van der Waals surface area contributed by atoms with Gasteiger partial charge in [-0.3, -0.25) is 0 Å².